The number of H-pyrrole nitrogens is 1. The Morgan fingerprint density at radius 2 is 2.04 bits per heavy atom. The lowest BCUT2D eigenvalue weighted by Gasteiger charge is -2.21. The predicted octanol–water partition coefficient (Wildman–Crippen LogP) is 1.98. The van der Waals surface area contributed by atoms with Gasteiger partial charge in [0.25, 0.3) is 5.56 Å². The van der Waals surface area contributed by atoms with Gasteiger partial charge in [0, 0.05) is 50.8 Å². The van der Waals surface area contributed by atoms with Gasteiger partial charge < -0.3 is 9.88 Å². The molecule has 27 heavy (non-hydrogen) atoms. The first-order chi connectivity index (χ1) is 13.1. The van der Waals surface area contributed by atoms with Crippen LogP contribution in [0.1, 0.15) is 36.6 Å². The summed E-state index contributed by atoms with van der Waals surface area (Å²) in [5, 5.41) is 0. The van der Waals surface area contributed by atoms with E-state index in [1.165, 1.54) is 5.56 Å². The van der Waals surface area contributed by atoms with Gasteiger partial charge in [0.1, 0.15) is 5.82 Å². The van der Waals surface area contributed by atoms with Crippen LogP contribution in [0.4, 0.5) is 0 Å². The molecule has 4 rings (SSSR count). The molecule has 6 nitrogen and oxygen atoms in total. The number of rotatable bonds is 3. The zero-order valence-electron chi connectivity index (χ0n) is 15.8. The van der Waals surface area contributed by atoms with Crippen LogP contribution in [0, 0.1) is 0 Å². The number of aromatic amines is 1. The van der Waals surface area contributed by atoms with Crippen molar-refractivity contribution in [1.29, 1.82) is 0 Å². The minimum Gasteiger partial charge on any atom is -0.342 e. The minimum atomic E-state index is 0.00902. The Hall–Kier alpha value is -2.47. The molecule has 0 unspecified atom stereocenters. The maximum absolute atomic E-state index is 12.3. The summed E-state index contributed by atoms with van der Waals surface area (Å²) in [6.07, 6.45) is 3.75. The van der Waals surface area contributed by atoms with E-state index < -0.39 is 0 Å². The number of amides is 1. The molecule has 0 radical (unpaired) electrons. The molecule has 142 valence electrons. The molecule has 0 bridgehead atoms. The molecule has 1 fully saturated rings. The van der Waals surface area contributed by atoms with Gasteiger partial charge in [-0.1, -0.05) is 18.2 Å². The molecular formula is C21H26N4O2. The number of fused-ring (bicyclic) bond motifs is 1. The standard InChI is InChI=1S/C21H26N4O2/c1-15(26)25-10-4-9-24(11-12-25)14-16-5-2-6-17(13-16)20-22-19-8-3-7-18(19)21(27)23-20/h2,5-6,13H,3-4,7-12,14H2,1H3,(H,22,23,27). The van der Waals surface area contributed by atoms with Crippen LogP contribution in [0.5, 0.6) is 0 Å². The third kappa shape index (κ3) is 3.95. The van der Waals surface area contributed by atoms with Gasteiger partial charge >= 0.3 is 0 Å². The summed E-state index contributed by atoms with van der Waals surface area (Å²) < 4.78 is 0. The summed E-state index contributed by atoms with van der Waals surface area (Å²) >= 11 is 0. The smallest absolute Gasteiger partial charge is 0.254 e. The van der Waals surface area contributed by atoms with E-state index in [-0.39, 0.29) is 11.5 Å². The Morgan fingerprint density at radius 1 is 1.15 bits per heavy atom. The fraction of sp³-hybridized carbons (Fsp3) is 0.476. The van der Waals surface area contributed by atoms with E-state index in [4.69, 9.17) is 4.98 Å². The van der Waals surface area contributed by atoms with Gasteiger partial charge in [0.2, 0.25) is 5.91 Å². The zero-order chi connectivity index (χ0) is 18.8. The first-order valence-electron chi connectivity index (χ1n) is 9.79. The fourth-order valence-electron chi connectivity index (χ4n) is 4.10. The van der Waals surface area contributed by atoms with Crippen molar-refractivity contribution in [2.75, 3.05) is 26.2 Å². The molecular weight excluding hydrogens is 340 g/mol. The first kappa shape index (κ1) is 17.9. The third-order valence-corrected chi connectivity index (χ3v) is 5.58. The van der Waals surface area contributed by atoms with Crippen LogP contribution < -0.4 is 5.56 Å². The Bertz CT molecular complexity index is 905. The van der Waals surface area contributed by atoms with Crippen LogP contribution in [-0.2, 0) is 24.2 Å². The lowest BCUT2D eigenvalue weighted by molar-refractivity contribution is -0.128. The van der Waals surface area contributed by atoms with Crippen LogP contribution in [0.2, 0.25) is 0 Å². The quantitative estimate of drug-likeness (QED) is 0.902. The summed E-state index contributed by atoms with van der Waals surface area (Å²) in [5.74, 6) is 0.826. The maximum Gasteiger partial charge on any atom is 0.254 e. The van der Waals surface area contributed by atoms with E-state index in [2.05, 4.69) is 22.0 Å². The van der Waals surface area contributed by atoms with E-state index in [1.54, 1.807) is 6.92 Å². The number of hydrogen-bond donors (Lipinski definition) is 1. The number of carbonyl (C=O) groups excluding carboxylic acids is 1. The lowest BCUT2D eigenvalue weighted by Crippen LogP contribution is -2.33. The van der Waals surface area contributed by atoms with E-state index in [0.717, 1.165) is 75.2 Å². The highest BCUT2D eigenvalue weighted by molar-refractivity contribution is 5.73. The summed E-state index contributed by atoms with van der Waals surface area (Å²) in [7, 11) is 0. The number of hydrogen-bond acceptors (Lipinski definition) is 4. The Balaban J connectivity index is 1.51. The second-order valence-electron chi connectivity index (χ2n) is 7.53. The molecule has 6 heteroatoms. The summed E-state index contributed by atoms with van der Waals surface area (Å²) in [6, 6.07) is 8.26. The third-order valence-electron chi connectivity index (χ3n) is 5.58. The highest BCUT2D eigenvalue weighted by Crippen LogP contribution is 2.21. The summed E-state index contributed by atoms with van der Waals surface area (Å²) in [5.41, 5.74) is 3.98. The maximum atomic E-state index is 12.3. The molecule has 1 aromatic carbocycles. The number of benzene rings is 1. The predicted molar refractivity (Wildman–Crippen MR) is 104 cm³/mol. The van der Waals surface area contributed by atoms with E-state index in [9.17, 15) is 9.59 Å². The van der Waals surface area contributed by atoms with Crippen LogP contribution in [0.15, 0.2) is 29.1 Å². The number of aryl methyl sites for hydroxylation is 1. The second kappa shape index (κ2) is 7.64. The molecule has 1 aliphatic carbocycles. The van der Waals surface area contributed by atoms with Crippen LogP contribution in [-0.4, -0.2) is 51.9 Å². The van der Waals surface area contributed by atoms with Crippen LogP contribution >= 0.6 is 0 Å². The highest BCUT2D eigenvalue weighted by Gasteiger charge is 2.19. The Labute approximate surface area is 159 Å². The molecule has 1 aliphatic heterocycles. The fourth-order valence-corrected chi connectivity index (χ4v) is 4.10. The monoisotopic (exact) mass is 366 g/mol. The second-order valence-corrected chi connectivity index (χ2v) is 7.53. The normalized spacial score (nSPS) is 17.6. The van der Waals surface area contributed by atoms with Crippen molar-refractivity contribution in [2.45, 2.75) is 39.2 Å². The molecule has 2 aromatic rings. The van der Waals surface area contributed by atoms with Gasteiger partial charge in [-0.2, -0.15) is 0 Å². The van der Waals surface area contributed by atoms with Gasteiger partial charge in [-0.15, -0.1) is 0 Å². The minimum absolute atomic E-state index is 0.00902. The number of nitrogens with one attached hydrogen (secondary N) is 1. The van der Waals surface area contributed by atoms with Gasteiger partial charge in [-0.05, 0) is 37.3 Å². The molecule has 0 saturated carbocycles. The average Bonchev–Trinajstić information content (AvgIpc) is 3.01. The van der Waals surface area contributed by atoms with E-state index in [0.29, 0.717) is 5.82 Å². The molecule has 0 spiro atoms. The van der Waals surface area contributed by atoms with Gasteiger partial charge in [-0.3, -0.25) is 14.5 Å². The molecule has 1 N–H and O–H groups in total. The first-order valence-corrected chi connectivity index (χ1v) is 9.79. The van der Waals surface area contributed by atoms with Crippen LogP contribution in [0.25, 0.3) is 11.4 Å². The molecule has 2 heterocycles. The van der Waals surface area contributed by atoms with Gasteiger partial charge in [0.15, 0.2) is 0 Å². The van der Waals surface area contributed by atoms with E-state index in [1.807, 2.05) is 17.0 Å². The van der Waals surface area contributed by atoms with Crippen molar-refractivity contribution in [2.24, 2.45) is 0 Å². The van der Waals surface area contributed by atoms with Crippen molar-refractivity contribution >= 4 is 5.91 Å². The Kier molecular flexibility index (Phi) is 5.07. The van der Waals surface area contributed by atoms with Crippen LogP contribution in [0.3, 0.4) is 0 Å². The lowest BCUT2D eigenvalue weighted by atomic mass is 10.1. The average molecular weight is 366 g/mol. The largest absolute Gasteiger partial charge is 0.342 e. The molecule has 2 aliphatic rings. The highest BCUT2D eigenvalue weighted by atomic mass is 16.2. The molecule has 1 saturated heterocycles. The topological polar surface area (TPSA) is 69.3 Å². The zero-order valence-corrected chi connectivity index (χ0v) is 15.8. The van der Waals surface area contributed by atoms with Gasteiger partial charge in [-0.25, -0.2) is 4.98 Å². The summed E-state index contributed by atoms with van der Waals surface area (Å²) in [4.78, 5) is 35.9. The van der Waals surface area contributed by atoms with Crippen molar-refractivity contribution in [3.63, 3.8) is 0 Å². The van der Waals surface area contributed by atoms with Crippen molar-refractivity contribution in [3.05, 3.63) is 51.4 Å². The Morgan fingerprint density at radius 3 is 2.89 bits per heavy atom. The van der Waals surface area contributed by atoms with Crippen molar-refractivity contribution in [3.8, 4) is 11.4 Å². The number of aromatic nitrogens is 2. The molecule has 0 atom stereocenters. The van der Waals surface area contributed by atoms with Gasteiger partial charge in [0.05, 0.1) is 5.69 Å². The summed E-state index contributed by atoms with van der Waals surface area (Å²) in [6.45, 7) is 5.98. The van der Waals surface area contributed by atoms with Crippen molar-refractivity contribution < 1.29 is 4.79 Å². The number of nitrogens with zero attached hydrogens (tertiary/aromatic N) is 3. The SMILES string of the molecule is CC(=O)N1CCCN(Cc2cccc(-c3nc4c(c(=O)[nH]3)CCC4)c2)CC1. The number of carbonyl (C=O) groups is 1. The van der Waals surface area contributed by atoms with Crippen molar-refractivity contribution in [1.82, 2.24) is 19.8 Å². The molecule has 1 aromatic heterocycles. The van der Waals surface area contributed by atoms with E-state index >= 15 is 0 Å². The molecule has 1 amide bonds.